The molecule has 0 heterocycles. The lowest BCUT2D eigenvalue weighted by Crippen LogP contribution is -2.19. The molecule has 106 valence electrons. The summed E-state index contributed by atoms with van der Waals surface area (Å²) in [4.78, 5) is 2.56. The molecule has 0 radical (unpaired) electrons. The molecule has 0 aliphatic carbocycles. The zero-order chi connectivity index (χ0) is 14.2. The fourth-order valence-corrected chi connectivity index (χ4v) is 2.89. The third-order valence-corrected chi connectivity index (χ3v) is 4.09. The predicted molar refractivity (Wildman–Crippen MR) is 85.3 cm³/mol. The second-order valence-electron chi connectivity index (χ2n) is 4.67. The van der Waals surface area contributed by atoms with E-state index in [1.165, 1.54) is 20.9 Å². The van der Waals surface area contributed by atoms with Crippen molar-refractivity contribution in [2.24, 2.45) is 0 Å². The Balaban J connectivity index is 1.95. The van der Waals surface area contributed by atoms with E-state index in [0.717, 1.165) is 19.7 Å². The maximum Gasteiger partial charge on any atom is 0.0587 e. The molecular weight excluding hydrogens is 266 g/mol. The molecule has 0 aliphatic heterocycles. The molecule has 0 aromatic heterocycles. The Morgan fingerprint density at radius 3 is 2.55 bits per heavy atom. The second kappa shape index (κ2) is 8.10. The highest BCUT2D eigenvalue weighted by Crippen LogP contribution is 2.28. The van der Waals surface area contributed by atoms with Gasteiger partial charge in [0.2, 0.25) is 0 Å². The van der Waals surface area contributed by atoms with E-state index < -0.39 is 0 Å². The topological polar surface area (TPSA) is 21.3 Å². The summed E-state index contributed by atoms with van der Waals surface area (Å²) < 4.78 is 5.03. The molecule has 2 rings (SSSR count). The van der Waals surface area contributed by atoms with Crippen molar-refractivity contribution < 1.29 is 4.74 Å². The Morgan fingerprint density at radius 1 is 1.05 bits per heavy atom. The molecule has 20 heavy (non-hydrogen) atoms. The summed E-state index contributed by atoms with van der Waals surface area (Å²) in [6.45, 7) is 4.70. The Bertz CT molecular complexity index is 528. The third-order valence-electron chi connectivity index (χ3n) is 3.09. The van der Waals surface area contributed by atoms with Crippen molar-refractivity contribution in [3.63, 3.8) is 0 Å². The maximum absolute atomic E-state index is 5.03. The molecule has 0 fully saturated rings. The van der Waals surface area contributed by atoms with Gasteiger partial charge in [-0.1, -0.05) is 36.0 Å². The zero-order valence-electron chi connectivity index (χ0n) is 12.1. The van der Waals surface area contributed by atoms with Crippen molar-refractivity contribution in [2.45, 2.75) is 23.3 Å². The van der Waals surface area contributed by atoms with Crippen molar-refractivity contribution in [1.82, 2.24) is 5.32 Å². The quantitative estimate of drug-likeness (QED) is 0.781. The zero-order valence-corrected chi connectivity index (χ0v) is 12.9. The first-order valence-electron chi connectivity index (χ1n) is 6.81. The smallest absolute Gasteiger partial charge is 0.0587 e. The minimum Gasteiger partial charge on any atom is -0.383 e. The third kappa shape index (κ3) is 4.67. The van der Waals surface area contributed by atoms with Crippen LogP contribution in [0.2, 0.25) is 0 Å². The average Bonchev–Trinajstić information content (AvgIpc) is 2.46. The van der Waals surface area contributed by atoms with Gasteiger partial charge in [-0.25, -0.2) is 0 Å². The molecule has 2 aromatic carbocycles. The van der Waals surface area contributed by atoms with E-state index in [0.29, 0.717) is 0 Å². The van der Waals surface area contributed by atoms with E-state index >= 15 is 0 Å². The standard InChI is InChI=1S/C17H21NOS/c1-14-12-17(20-16-6-4-3-5-7-16)9-8-15(14)13-18-10-11-19-2/h3-9,12,18H,10-11,13H2,1-2H3. The minimum atomic E-state index is 0.751. The van der Waals surface area contributed by atoms with Crippen molar-refractivity contribution in [1.29, 1.82) is 0 Å². The van der Waals surface area contributed by atoms with Gasteiger partial charge in [0.1, 0.15) is 0 Å². The molecule has 1 N–H and O–H groups in total. The van der Waals surface area contributed by atoms with Gasteiger partial charge in [-0.05, 0) is 42.3 Å². The molecule has 0 amide bonds. The Kier molecular flexibility index (Phi) is 6.12. The van der Waals surface area contributed by atoms with Gasteiger partial charge in [-0.15, -0.1) is 0 Å². The average molecular weight is 287 g/mol. The monoisotopic (exact) mass is 287 g/mol. The molecule has 2 nitrogen and oxygen atoms in total. The highest BCUT2D eigenvalue weighted by molar-refractivity contribution is 7.99. The normalized spacial score (nSPS) is 10.7. The molecule has 0 unspecified atom stereocenters. The van der Waals surface area contributed by atoms with Gasteiger partial charge in [0.05, 0.1) is 6.61 Å². The van der Waals surface area contributed by atoms with Crippen LogP contribution in [0.5, 0.6) is 0 Å². The molecule has 0 spiro atoms. The summed E-state index contributed by atoms with van der Waals surface area (Å²) in [7, 11) is 1.72. The number of aryl methyl sites for hydroxylation is 1. The SMILES string of the molecule is COCCNCc1ccc(Sc2ccccc2)cc1C. The summed E-state index contributed by atoms with van der Waals surface area (Å²) in [5.41, 5.74) is 2.68. The Hall–Kier alpha value is -1.29. The van der Waals surface area contributed by atoms with Gasteiger partial charge in [-0.2, -0.15) is 0 Å². The number of ether oxygens (including phenoxy) is 1. The Labute approximate surface area is 125 Å². The summed E-state index contributed by atoms with van der Waals surface area (Å²) in [6, 6.07) is 17.1. The van der Waals surface area contributed by atoms with Crippen LogP contribution in [-0.4, -0.2) is 20.3 Å². The summed E-state index contributed by atoms with van der Waals surface area (Å²) in [6.07, 6.45) is 0. The van der Waals surface area contributed by atoms with Crippen molar-refractivity contribution in [2.75, 3.05) is 20.3 Å². The van der Waals surface area contributed by atoms with Crippen LogP contribution in [0.15, 0.2) is 58.3 Å². The second-order valence-corrected chi connectivity index (χ2v) is 5.82. The van der Waals surface area contributed by atoms with Crippen molar-refractivity contribution in [3.8, 4) is 0 Å². The van der Waals surface area contributed by atoms with E-state index in [9.17, 15) is 0 Å². The Morgan fingerprint density at radius 2 is 1.85 bits per heavy atom. The molecule has 0 aliphatic rings. The largest absolute Gasteiger partial charge is 0.383 e. The lowest BCUT2D eigenvalue weighted by atomic mass is 10.1. The molecule has 2 aromatic rings. The van der Waals surface area contributed by atoms with E-state index in [-0.39, 0.29) is 0 Å². The summed E-state index contributed by atoms with van der Waals surface area (Å²) in [5.74, 6) is 0. The van der Waals surface area contributed by atoms with Gasteiger partial charge in [0.25, 0.3) is 0 Å². The molecule has 0 atom stereocenters. The number of methoxy groups -OCH3 is 1. The van der Waals surface area contributed by atoms with Crippen LogP contribution in [0.4, 0.5) is 0 Å². The first kappa shape index (κ1) is 15.1. The van der Waals surface area contributed by atoms with E-state index in [2.05, 4.69) is 54.7 Å². The van der Waals surface area contributed by atoms with Crippen LogP contribution >= 0.6 is 11.8 Å². The number of hydrogen-bond donors (Lipinski definition) is 1. The van der Waals surface area contributed by atoms with Crippen LogP contribution in [0.25, 0.3) is 0 Å². The van der Waals surface area contributed by atoms with Crippen LogP contribution in [0.3, 0.4) is 0 Å². The fraction of sp³-hybridized carbons (Fsp3) is 0.294. The van der Waals surface area contributed by atoms with Crippen molar-refractivity contribution in [3.05, 3.63) is 59.7 Å². The van der Waals surface area contributed by atoms with Crippen LogP contribution in [0, 0.1) is 6.92 Å². The van der Waals surface area contributed by atoms with E-state index in [4.69, 9.17) is 4.74 Å². The predicted octanol–water partition coefficient (Wildman–Crippen LogP) is 3.88. The van der Waals surface area contributed by atoms with E-state index in [1.54, 1.807) is 18.9 Å². The number of hydrogen-bond acceptors (Lipinski definition) is 3. The van der Waals surface area contributed by atoms with Gasteiger partial charge in [0.15, 0.2) is 0 Å². The first-order valence-corrected chi connectivity index (χ1v) is 7.63. The van der Waals surface area contributed by atoms with Gasteiger partial charge in [-0.3, -0.25) is 0 Å². The first-order chi connectivity index (χ1) is 9.79. The minimum absolute atomic E-state index is 0.751. The van der Waals surface area contributed by atoms with Crippen molar-refractivity contribution >= 4 is 11.8 Å². The molecular formula is C17H21NOS. The highest BCUT2D eigenvalue weighted by atomic mass is 32.2. The number of benzene rings is 2. The summed E-state index contributed by atoms with van der Waals surface area (Å²) in [5, 5.41) is 3.38. The highest BCUT2D eigenvalue weighted by Gasteiger charge is 2.02. The van der Waals surface area contributed by atoms with Gasteiger partial charge >= 0.3 is 0 Å². The van der Waals surface area contributed by atoms with Crippen LogP contribution < -0.4 is 5.32 Å². The number of nitrogens with one attached hydrogen (secondary N) is 1. The number of rotatable bonds is 7. The lowest BCUT2D eigenvalue weighted by molar-refractivity contribution is 0.199. The van der Waals surface area contributed by atoms with Gasteiger partial charge in [0, 0.05) is 30.0 Å². The molecule has 0 bridgehead atoms. The van der Waals surface area contributed by atoms with E-state index in [1.807, 2.05) is 6.07 Å². The van der Waals surface area contributed by atoms with Gasteiger partial charge < -0.3 is 10.1 Å². The molecule has 0 saturated heterocycles. The molecule has 3 heteroatoms. The van der Waals surface area contributed by atoms with Crippen LogP contribution in [-0.2, 0) is 11.3 Å². The fourth-order valence-electron chi connectivity index (χ4n) is 1.95. The van der Waals surface area contributed by atoms with Crippen LogP contribution in [0.1, 0.15) is 11.1 Å². The molecule has 0 saturated carbocycles. The maximum atomic E-state index is 5.03. The lowest BCUT2D eigenvalue weighted by Gasteiger charge is -2.09. The summed E-state index contributed by atoms with van der Waals surface area (Å²) >= 11 is 1.80.